The van der Waals surface area contributed by atoms with E-state index >= 15 is 0 Å². The van der Waals surface area contributed by atoms with Crippen LogP contribution in [0, 0.1) is 17.6 Å². The molecule has 0 saturated heterocycles. The summed E-state index contributed by atoms with van der Waals surface area (Å²) in [6.07, 6.45) is 2.29. The largest absolute Gasteiger partial charge is 0.454 e. The molecule has 0 radical (unpaired) electrons. The summed E-state index contributed by atoms with van der Waals surface area (Å²) in [6, 6.07) is 3.39. The number of hydrogen-bond acceptors (Lipinski definition) is 3. The third-order valence-electron chi connectivity index (χ3n) is 3.85. The van der Waals surface area contributed by atoms with Crippen LogP contribution >= 0.6 is 0 Å². The molecule has 0 aliphatic heterocycles. The van der Waals surface area contributed by atoms with E-state index in [1.807, 2.05) is 0 Å². The lowest BCUT2D eigenvalue weighted by molar-refractivity contribution is -0.154. The Morgan fingerprint density at radius 2 is 1.81 bits per heavy atom. The molecule has 0 heterocycles. The number of carbonyl (C=O) groups excluding carboxylic acids is 2. The van der Waals surface area contributed by atoms with Crippen molar-refractivity contribution in [2.24, 2.45) is 5.92 Å². The Bertz CT molecular complexity index is 516. The van der Waals surface area contributed by atoms with Gasteiger partial charge in [0.25, 0.3) is 0 Å². The highest BCUT2D eigenvalue weighted by Crippen LogP contribution is 2.27. The lowest BCUT2D eigenvalue weighted by Gasteiger charge is -2.16. The molecule has 1 aromatic rings. The SMILES string of the molecule is CC(OC(=O)Cc1c(F)cccc1F)C(=O)C1CCCC1. The van der Waals surface area contributed by atoms with Crippen LogP contribution in [0.25, 0.3) is 0 Å². The summed E-state index contributed by atoms with van der Waals surface area (Å²) in [4.78, 5) is 23.8. The molecule has 21 heavy (non-hydrogen) atoms. The molecule has 0 aromatic heterocycles. The first-order chi connectivity index (χ1) is 9.99. The average molecular weight is 296 g/mol. The topological polar surface area (TPSA) is 43.4 Å². The number of ketones is 1. The van der Waals surface area contributed by atoms with E-state index in [0.29, 0.717) is 0 Å². The Balaban J connectivity index is 1.93. The molecule has 0 spiro atoms. The summed E-state index contributed by atoms with van der Waals surface area (Å²) in [6.45, 7) is 1.51. The highest BCUT2D eigenvalue weighted by atomic mass is 19.1. The Morgan fingerprint density at radius 1 is 1.24 bits per heavy atom. The molecule has 0 amide bonds. The van der Waals surface area contributed by atoms with Crippen molar-refractivity contribution in [2.75, 3.05) is 0 Å². The van der Waals surface area contributed by atoms with Crippen molar-refractivity contribution in [1.29, 1.82) is 0 Å². The molecular weight excluding hydrogens is 278 g/mol. The third-order valence-corrected chi connectivity index (χ3v) is 3.85. The summed E-state index contributed by atoms with van der Waals surface area (Å²) in [5.74, 6) is -2.53. The monoisotopic (exact) mass is 296 g/mol. The first kappa shape index (κ1) is 15.6. The maximum atomic E-state index is 13.4. The highest BCUT2D eigenvalue weighted by molar-refractivity contribution is 5.87. The van der Waals surface area contributed by atoms with E-state index < -0.39 is 30.1 Å². The molecular formula is C16H18F2O3. The zero-order chi connectivity index (χ0) is 15.4. The number of rotatable bonds is 5. The molecule has 1 unspecified atom stereocenters. The van der Waals surface area contributed by atoms with Gasteiger partial charge in [0, 0.05) is 11.5 Å². The van der Waals surface area contributed by atoms with Gasteiger partial charge in [0.05, 0.1) is 6.42 Å². The Morgan fingerprint density at radius 3 is 2.38 bits per heavy atom. The molecule has 2 rings (SSSR count). The normalized spacial score (nSPS) is 16.7. The van der Waals surface area contributed by atoms with Crippen LogP contribution in [-0.2, 0) is 20.7 Å². The van der Waals surface area contributed by atoms with E-state index in [9.17, 15) is 18.4 Å². The second-order valence-electron chi connectivity index (χ2n) is 5.39. The van der Waals surface area contributed by atoms with Gasteiger partial charge in [-0.05, 0) is 31.9 Å². The fourth-order valence-corrected chi connectivity index (χ4v) is 2.68. The number of halogens is 2. The fourth-order valence-electron chi connectivity index (χ4n) is 2.68. The lowest BCUT2D eigenvalue weighted by Crippen LogP contribution is -2.29. The molecule has 1 saturated carbocycles. The first-order valence-electron chi connectivity index (χ1n) is 7.15. The molecule has 1 atom stereocenters. The molecule has 1 aliphatic rings. The predicted molar refractivity (Wildman–Crippen MR) is 72.6 cm³/mol. The Hall–Kier alpha value is -1.78. The van der Waals surface area contributed by atoms with Crippen LogP contribution in [0.15, 0.2) is 18.2 Å². The maximum Gasteiger partial charge on any atom is 0.311 e. The smallest absolute Gasteiger partial charge is 0.311 e. The highest BCUT2D eigenvalue weighted by Gasteiger charge is 2.29. The molecule has 3 nitrogen and oxygen atoms in total. The maximum absolute atomic E-state index is 13.4. The van der Waals surface area contributed by atoms with Crippen molar-refractivity contribution in [2.45, 2.75) is 45.1 Å². The van der Waals surface area contributed by atoms with E-state index in [1.54, 1.807) is 0 Å². The van der Waals surface area contributed by atoms with E-state index in [2.05, 4.69) is 0 Å². The van der Waals surface area contributed by atoms with Gasteiger partial charge in [-0.2, -0.15) is 0 Å². The fraction of sp³-hybridized carbons (Fsp3) is 0.500. The minimum atomic E-state index is -0.865. The Kier molecular flexibility index (Phi) is 5.04. The van der Waals surface area contributed by atoms with Gasteiger partial charge in [0.1, 0.15) is 11.6 Å². The van der Waals surface area contributed by atoms with Crippen molar-refractivity contribution < 1.29 is 23.1 Å². The zero-order valence-corrected chi connectivity index (χ0v) is 11.9. The van der Waals surface area contributed by atoms with E-state index in [-0.39, 0.29) is 17.3 Å². The number of benzene rings is 1. The van der Waals surface area contributed by atoms with Gasteiger partial charge in [0.15, 0.2) is 11.9 Å². The summed E-state index contributed by atoms with van der Waals surface area (Å²) >= 11 is 0. The van der Waals surface area contributed by atoms with Gasteiger partial charge in [-0.3, -0.25) is 9.59 Å². The third kappa shape index (κ3) is 3.86. The van der Waals surface area contributed by atoms with Gasteiger partial charge in [-0.15, -0.1) is 0 Å². The zero-order valence-electron chi connectivity index (χ0n) is 11.9. The van der Waals surface area contributed by atoms with Crippen molar-refractivity contribution in [3.05, 3.63) is 35.4 Å². The number of esters is 1. The van der Waals surface area contributed by atoms with E-state index in [4.69, 9.17) is 4.74 Å². The average Bonchev–Trinajstić information content (AvgIpc) is 2.96. The van der Waals surface area contributed by atoms with Crippen molar-refractivity contribution >= 4 is 11.8 Å². The van der Waals surface area contributed by atoms with Gasteiger partial charge < -0.3 is 4.74 Å². The lowest BCUT2D eigenvalue weighted by atomic mass is 9.99. The van der Waals surface area contributed by atoms with Crippen LogP contribution in [-0.4, -0.2) is 17.9 Å². The second-order valence-corrected chi connectivity index (χ2v) is 5.39. The van der Waals surface area contributed by atoms with Gasteiger partial charge >= 0.3 is 5.97 Å². The number of carbonyl (C=O) groups is 2. The second kappa shape index (κ2) is 6.78. The number of ether oxygens (including phenoxy) is 1. The van der Waals surface area contributed by atoms with Crippen molar-refractivity contribution in [1.82, 2.24) is 0 Å². The molecule has 1 fully saturated rings. The van der Waals surface area contributed by atoms with Crippen LogP contribution in [0.1, 0.15) is 38.2 Å². The van der Waals surface area contributed by atoms with Crippen molar-refractivity contribution in [3.8, 4) is 0 Å². The van der Waals surface area contributed by atoms with Crippen LogP contribution in [0.5, 0.6) is 0 Å². The molecule has 0 N–H and O–H groups in total. The standard InChI is InChI=1S/C16H18F2O3/c1-10(16(20)11-5-2-3-6-11)21-15(19)9-12-13(17)7-4-8-14(12)18/h4,7-8,10-11H,2-3,5-6,9H2,1H3. The predicted octanol–water partition coefficient (Wildman–Crippen LogP) is 3.20. The quantitative estimate of drug-likeness (QED) is 0.784. The number of Topliss-reactive ketones (excluding diaryl/α,β-unsaturated/α-hetero) is 1. The summed E-state index contributed by atoms with van der Waals surface area (Å²) in [5.41, 5.74) is -0.331. The first-order valence-corrected chi connectivity index (χ1v) is 7.15. The van der Waals surface area contributed by atoms with Gasteiger partial charge in [-0.25, -0.2) is 8.78 Å². The van der Waals surface area contributed by atoms with Crippen LogP contribution in [0.2, 0.25) is 0 Å². The summed E-state index contributed by atoms with van der Waals surface area (Å²) in [7, 11) is 0. The number of hydrogen-bond donors (Lipinski definition) is 0. The Labute approximate surface area is 122 Å². The summed E-state index contributed by atoms with van der Waals surface area (Å²) in [5, 5.41) is 0. The van der Waals surface area contributed by atoms with E-state index in [1.165, 1.54) is 13.0 Å². The van der Waals surface area contributed by atoms with Gasteiger partial charge in [0.2, 0.25) is 0 Å². The minimum Gasteiger partial charge on any atom is -0.454 e. The molecule has 1 aromatic carbocycles. The van der Waals surface area contributed by atoms with Crippen molar-refractivity contribution in [3.63, 3.8) is 0 Å². The van der Waals surface area contributed by atoms with Crippen LogP contribution in [0.4, 0.5) is 8.78 Å². The van der Waals surface area contributed by atoms with Crippen LogP contribution < -0.4 is 0 Å². The van der Waals surface area contributed by atoms with E-state index in [0.717, 1.165) is 37.8 Å². The molecule has 5 heteroatoms. The van der Waals surface area contributed by atoms with Crippen LogP contribution in [0.3, 0.4) is 0 Å². The van der Waals surface area contributed by atoms with Gasteiger partial charge in [-0.1, -0.05) is 18.9 Å². The molecule has 0 bridgehead atoms. The summed E-state index contributed by atoms with van der Waals surface area (Å²) < 4.78 is 31.9. The molecule has 114 valence electrons. The molecule has 1 aliphatic carbocycles. The minimum absolute atomic E-state index is 0.0574.